The molecule has 0 fully saturated rings. The molecule has 0 radical (unpaired) electrons. The molecule has 0 saturated carbocycles. The first-order chi connectivity index (χ1) is 15.2. The summed E-state index contributed by atoms with van der Waals surface area (Å²) in [5.74, 6) is -0.176. The van der Waals surface area contributed by atoms with Crippen LogP contribution in [0.5, 0.6) is 5.75 Å². The quantitative estimate of drug-likeness (QED) is 0.389. The number of ether oxygens (including phenoxy) is 1. The van der Waals surface area contributed by atoms with Crippen molar-refractivity contribution in [2.75, 3.05) is 12.4 Å². The van der Waals surface area contributed by atoms with Gasteiger partial charge in [-0.1, -0.05) is 23.2 Å². The molecule has 11 heteroatoms. The predicted molar refractivity (Wildman–Crippen MR) is 114 cm³/mol. The summed E-state index contributed by atoms with van der Waals surface area (Å²) < 4.78 is 46.9. The second-order valence-corrected chi connectivity index (χ2v) is 7.45. The van der Waals surface area contributed by atoms with Gasteiger partial charge in [0, 0.05) is 17.3 Å². The van der Waals surface area contributed by atoms with Gasteiger partial charge >= 0.3 is 6.18 Å². The lowest BCUT2D eigenvalue weighted by atomic mass is 10.1. The van der Waals surface area contributed by atoms with E-state index in [1.165, 1.54) is 31.4 Å². The van der Waals surface area contributed by atoms with Crippen molar-refractivity contribution in [3.8, 4) is 17.0 Å². The largest absolute Gasteiger partial charge is 0.497 e. The molecule has 0 aliphatic heterocycles. The smallest absolute Gasteiger partial charge is 0.433 e. The average Bonchev–Trinajstić information content (AvgIpc) is 3.19. The highest BCUT2D eigenvalue weighted by molar-refractivity contribution is 6.42. The monoisotopic (exact) mass is 480 g/mol. The lowest BCUT2D eigenvalue weighted by Crippen LogP contribution is -2.15. The summed E-state index contributed by atoms with van der Waals surface area (Å²) in [6, 6.07) is 12.9. The van der Waals surface area contributed by atoms with Crippen LogP contribution in [0, 0.1) is 0 Å². The van der Waals surface area contributed by atoms with Crippen LogP contribution < -0.4 is 10.1 Å². The van der Waals surface area contributed by atoms with Gasteiger partial charge in [-0.05, 0) is 48.5 Å². The van der Waals surface area contributed by atoms with Gasteiger partial charge in [0.1, 0.15) is 5.75 Å². The molecule has 4 rings (SSSR count). The van der Waals surface area contributed by atoms with Crippen molar-refractivity contribution >= 4 is 40.4 Å². The van der Waals surface area contributed by atoms with Crippen molar-refractivity contribution in [2.45, 2.75) is 6.18 Å². The Kier molecular flexibility index (Phi) is 5.70. The molecule has 6 nitrogen and oxygen atoms in total. The summed E-state index contributed by atoms with van der Waals surface area (Å²) in [5, 5.41) is 6.85. The number of rotatable bonds is 4. The highest BCUT2D eigenvalue weighted by atomic mass is 35.5. The normalized spacial score (nSPS) is 11.6. The minimum absolute atomic E-state index is 0.0730. The van der Waals surface area contributed by atoms with E-state index in [1.54, 1.807) is 24.3 Å². The molecule has 0 aliphatic carbocycles. The first-order valence-electron chi connectivity index (χ1n) is 9.04. The molecule has 0 bridgehead atoms. The molecule has 0 unspecified atom stereocenters. The summed E-state index contributed by atoms with van der Waals surface area (Å²) >= 11 is 11.8. The van der Waals surface area contributed by atoms with E-state index < -0.39 is 17.8 Å². The van der Waals surface area contributed by atoms with E-state index in [4.69, 9.17) is 27.9 Å². The van der Waals surface area contributed by atoms with Gasteiger partial charge in [-0.2, -0.15) is 18.3 Å². The first kappa shape index (κ1) is 21.9. The van der Waals surface area contributed by atoms with E-state index in [0.29, 0.717) is 26.5 Å². The number of fused-ring (bicyclic) bond motifs is 1. The Hall–Kier alpha value is -3.30. The molecule has 164 valence electrons. The van der Waals surface area contributed by atoms with E-state index in [9.17, 15) is 18.0 Å². The van der Waals surface area contributed by atoms with E-state index >= 15 is 0 Å². The topological polar surface area (TPSA) is 68.5 Å². The number of halogens is 5. The summed E-state index contributed by atoms with van der Waals surface area (Å²) in [6.45, 7) is 0. The van der Waals surface area contributed by atoms with Gasteiger partial charge in [0.25, 0.3) is 5.91 Å². The van der Waals surface area contributed by atoms with Crippen molar-refractivity contribution in [3.63, 3.8) is 0 Å². The van der Waals surface area contributed by atoms with Crippen LogP contribution in [0.2, 0.25) is 10.0 Å². The molecule has 32 heavy (non-hydrogen) atoms. The molecular formula is C21H13Cl2F3N4O2. The van der Waals surface area contributed by atoms with Crippen LogP contribution in [-0.2, 0) is 6.18 Å². The van der Waals surface area contributed by atoms with Crippen molar-refractivity contribution in [1.82, 2.24) is 14.6 Å². The number of nitrogens with zero attached hydrogens (tertiary/aromatic N) is 3. The number of carbonyl (C=O) groups is 1. The number of carbonyl (C=O) groups excluding carboxylic acids is 1. The Balaban J connectivity index is 1.75. The van der Waals surface area contributed by atoms with Gasteiger partial charge in [-0.3, -0.25) is 4.79 Å². The molecule has 1 N–H and O–H groups in total. The zero-order valence-corrected chi connectivity index (χ0v) is 17.8. The van der Waals surface area contributed by atoms with Crippen LogP contribution in [0.15, 0.2) is 54.6 Å². The number of amides is 1. The summed E-state index contributed by atoms with van der Waals surface area (Å²) in [7, 11) is 1.48. The van der Waals surface area contributed by atoms with Crippen LogP contribution in [0.3, 0.4) is 0 Å². The summed E-state index contributed by atoms with van der Waals surface area (Å²) in [6.07, 6.45) is -4.73. The Morgan fingerprint density at radius 2 is 1.75 bits per heavy atom. The molecule has 0 saturated heterocycles. The molecular weight excluding hydrogens is 468 g/mol. The molecule has 1 amide bonds. The van der Waals surface area contributed by atoms with Crippen LogP contribution in [0.1, 0.15) is 16.2 Å². The number of alkyl halides is 3. The summed E-state index contributed by atoms with van der Waals surface area (Å²) in [4.78, 5) is 16.8. The second kappa shape index (κ2) is 8.33. The molecule has 0 atom stereocenters. The van der Waals surface area contributed by atoms with E-state index in [2.05, 4.69) is 15.4 Å². The Bertz CT molecular complexity index is 1320. The molecule has 2 aromatic heterocycles. The second-order valence-electron chi connectivity index (χ2n) is 6.64. The van der Waals surface area contributed by atoms with Crippen LogP contribution in [0.25, 0.3) is 16.9 Å². The molecule has 2 heterocycles. The van der Waals surface area contributed by atoms with Gasteiger partial charge in [-0.15, -0.1) is 0 Å². The fraction of sp³-hybridized carbons (Fsp3) is 0.0952. The highest BCUT2D eigenvalue weighted by Crippen LogP contribution is 2.33. The standard InChI is InChI=1S/C21H13Cl2F3N4O2/c1-32-13-5-2-11(3-6-13)16-9-18(21(24,25)26)30-19(28-16)10-17(29-30)20(31)27-12-4-7-14(22)15(23)8-12/h2-10H,1H3,(H,27,31). The fourth-order valence-corrected chi connectivity index (χ4v) is 3.26. The Morgan fingerprint density at radius 3 is 2.38 bits per heavy atom. The van der Waals surface area contributed by atoms with E-state index in [1.807, 2.05) is 0 Å². The van der Waals surface area contributed by atoms with Crippen LogP contribution in [-0.4, -0.2) is 27.6 Å². The van der Waals surface area contributed by atoms with Gasteiger partial charge in [0.2, 0.25) is 0 Å². The van der Waals surface area contributed by atoms with Crippen molar-refractivity contribution in [2.24, 2.45) is 0 Å². The minimum atomic E-state index is -4.73. The maximum atomic E-state index is 13.7. The lowest BCUT2D eigenvalue weighted by Gasteiger charge is -2.11. The molecule has 2 aromatic carbocycles. The zero-order chi connectivity index (χ0) is 23.0. The van der Waals surface area contributed by atoms with E-state index in [0.717, 1.165) is 6.07 Å². The number of hydrogen-bond acceptors (Lipinski definition) is 4. The molecule has 0 spiro atoms. The molecule has 0 aliphatic rings. The third kappa shape index (κ3) is 4.35. The van der Waals surface area contributed by atoms with Crippen molar-refractivity contribution < 1.29 is 22.7 Å². The third-order valence-electron chi connectivity index (χ3n) is 4.51. The number of anilines is 1. The van der Waals surface area contributed by atoms with E-state index in [-0.39, 0.29) is 22.1 Å². The average molecular weight is 481 g/mol. The van der Waals surface area contributed by atoms with Crippen LogP contribution >= 0.6 is 23.2 Å². The van der Waals surface area contributed by atoms with Crippen molar-refractivity contribution in [1.29, 1.82) is 0 Å². The van der Waals surface area contributed by atoms with Crippen LogP contribution in [0.4, 0.5) is 18.9 Å². The minimum Gasteiger partial charge on any atom is -0.497 e. The van der Waals surface area contributed by atoms with Gasteiger partial charge in [0.15, 0.2) is 17.0 Å². The Labute approximate surface area is 189 Å². The fourth-order valence-electron chi connectivity index (χ4n) is 2.97. The maximum Gasteiger partial charge on any atom is 0.433 e. The number of benzene rings is 2. The zero-order valence-electron chi connectivity index (χ0n) is 16.2. The first-order valence-corrected chi connectivity index (χ1v) is 9.80. The SMILES string of the molecule is COc1ccc(-c2cc(C(F)(F)F)n3nc(C(=O)Nc4ccc(Cl)c(Cl)c4)cc3n2)cc1. The van der Waals surface area contributed by atoms with Crippen molar-refractivity contribution in [3.05, 3.63) is 76.0 Å². The molecule has 4 aromatic rings. The number of nitrogens with one attached hydrogen (secondary N) is 1. The van der Waals surface area contributed by atoms with Gasteiger partial charge < -0.3 is 10.1 Å². The summed E-state index contributed by atoms with van der Waals surface area (Å²) in [5.41, 5.74) is -0.622. The predicted octanol–water partition coefficient (Wildman–Crippen LogP) is 5.98. The number of aromatic nitrogens is 3. The maximum absolute atomic E-state index is 13.7. The number of methoxy groups -OCH3 is 1. The lowest BCUT2D eigenvalue weighted by molar-refractivity contribution is -0.142. The third-order valence-corrected chi connectivity index (χ3v) is 5.25. The van der Waals surface area contributed by atoms with Gasteiger partial charge in [0.05, 0.1) is 22.8 Å². The van der Waals surface area contributed by atoms with Gasteiger partial charge in [-0.25, -0.2) is 9.50 Å². The number of hydrogen-bond donors (Lipinski definition) is 1. The highest BCUT2D eigenvalue weighted by Gasteiger charge is 2.35. The Morgan fingerprint density at radius 1 is 1.03 bits per heavy atom.